The topological polar surface area (TPSA) is 88.5 Å². The van der Waals surface area contributed by atoms with Crippen LogP contribution in [0.5, 0.6) is 0 Å². The summed E-state index contributed by atoms with van der Waals surface area (Å²) < 4.78 is 43.3. The first-order valence-corrected chi connectivity index (χ1v) is 13.2. The van der Waals surface area contributed by atoms with Crippen molar-refractivity contribution in [2.75, 3.05) is 18.4 Å². The van der Waals surface area contributed by atoms with Crippen LogP contribution in [-0.4, -0.2) is 36.3 Å². The van der Waals surface area contributed by atoms with Gasteiger partial charge in [-0.1, -0.05) is 29.9 Å². The van der Waals surface area contributed by atoms with Crippen molar-refractivity contribution in [3.05, 3.63) is 56.9 Å². The lowest BCUT2D eigenvalue weighted by atomic mass is 9.97. The second-order valence-electron chi connectivity index (χ2n) is 7.95. The van der Waals surface area contributed by atoms with Crippen LogP contribution >= 0.6 is 22.9 Å². The molecule has 1 saturated heterocycles. The van der Waals surface area contributed by atoms with Gasteiger partial charge in [-0.25, -0.2) is 12.8 Å². The van der Waals surface area contributed by atoms with Gasteiger partial charge in [0.15, 0.2) is 0 Å². The molecular formula is C22H23ClFN3O4S2. The maximum absolute atomic E-state index is 13.3. The van der Waals surface area contributed by atoms with Gasteiger partial charge < -0.3 is 5.32 Å². The second-order valence-corrected chi connectivity index (χ2v) is 11.3. The van der Waals surface area contributed by atoms with Gasteiger partial charge in [0, 0.05) is 31.2 Å². The predicted octanol–water partition coefficient (Wildman–Crippen LogP) is 4.30. The van der Waals surface area contributed by atoms with E-state index in [0.29, 0.717) is 29.8 Å². The molecule has 33 heavy (non-hydrogen) atoms. The van der Waals surface area contributed by atoms with Crippen LogP contribution in [-0.2, 0) is 21.4 Å². The number of fused-ring (bicyclic) bond motifs is 1. The largest absolute Gasteiger partial charge is 0.326 e. The van der Waals surface area contributed by atoms with Gasteiger partial charge in [0.2, 0.25) is 15.9 Å². The zero-order valence-electron chi connectivity index (χ0n) is 17.9. The third-order valence-electron chi connectivity index (χ3n) is 5.74. The second kappa shape index (κ2) is 9.54. The minimum absolute atomic E-state index is 0.0827. The number of nitrogens with one attached hydrogen (secondary N) is 1. The Morgan fingerprint density at radius 2 is 1.94 bits per heavy atom. The number of benzene rings is 2. The molecule has 4 rings (SSSR count). The molecule has 0 atom stereocenters. The average Bonchev–Trinajstić information content (AvgIpc) is 3.11. The first kappa shape index (κ1) is 23.9. The molecule has 1 amide bonds. The standard InChI is InChI=1S/C22H23ClFN3O4S2/c1-2-9-27-19-6-4-16(13-20(19)32-22(27)29)33(30,31)26-10-7-14(8-11-26)21(28)25-15-3-5-18(24)17(23)12-15/h3-6,12-14H,2,7-11H2,1H3,(H,25,28). The number of aromatic nitrogens is 1. The Bertz CT molecular complexity index is 1360. The summed E-state index contributed by atoms with van der Waals surface area (Å²) in [6.07, 6.45) is 1.54. The highest BCUT2D eigenvalue weighted by Gasteiger charge is 2.32. The van der Waals surface area contributed by atoms with Crippen LogP contribution in [0.15, 0.2) is 46.1 Å². The molecule has 11 heteroatoms. The molecule has 1 aliphatic rings. The van der Waals surface area contributed by atoms with E-state index in [1.54, 1.807) is 16.7 Å². The minimum atomic E-state index is -3.75. The molecule has 1 aliphatic heterocycles. The van der Waals surface area contributed by atoms with Crippen LogP contribution in [0.3, 0.4) is 0 Å². The molecule has 1 fully saturated rings. The fourth-order valence-electron chi connectivity index (χ4n) is 3.97. The number of thiazole rings is 1. The molecular weight excluding hydrogens is 489 g/mol. The van der Waals surface area contributed by atoms with Gasteiger partial charge in [0.05, 0.1) is 20.1 Å². The first-order chi connectivity index (χ1) is 15.7. The number of nitrogens with zero attached hydrogens (tertiary/aromatic N) is 2. The van der Waals surface area contributed by atoms with Crippen LogP contribution in [0.1, 0.15) is 26.2 Å². The van der Waals surface area contributed by atoms with E-state index >= 15 is 0 Å². The van der Waals surface area contributed by atoms with Crippen molar-refractivity contribution in [3.8, 4) is 0 Å². The monoisotopic (exact) mass is 511 g/mol. The molecule has 7 nitrogen and oxygen atoms in total. The highest BCUT2D eigenvalue weighted by atomic mass is 35.5. The zero-order valence-corrected chi connectivity index (χ0v) is 20.3. The van der Waals surface area contributed by atoms with Crippen molar-refractivity contribution >= 4 is 54.8 Å². The Hall–Kier alpha value is -2.27. The van der Waals surface area contributed by atoms with E-state index < -0.39 is 15.8 Å². The lowest BCUT2D eigenvalue weighted by Crippen LogP contribution is -2.41. The molecule has 176 valence electrons. The molecule has 0 bridgehead atoms. The smallest absolute Gasteiger partial charge is 0.308 e. The maximum Gasteiger partial charge on any atom is 0.308 e. The van der Waals surface area contributed by atoms with E-state index in [4.69, 9.17) is 11.6 Å². The van der Waals surface area contributed by atoms with Gasteiger partial charge in [-0.3, -0.25) is 14.2 Å². The van der Waals surface area contributed by atoms with Crippen LogP contribution < -0.4 is 10.2 Å². The summed E-state index contributed by atoms with van der Waals surface area (Å²) >= 11 is 6.80. The number of sulfonamides is 1. The van der Waals surface area contributed by atoms with Gasteiger partial charge in [0.1, 0.15) is 5.82 Å². The number of hydrogen-bond donors (Lipinski definition) is 1. The molecule has 0 radical (unpaired) electrons. The van der Waals surface area contributed by atoms with Crippen LogP contribution in [0.25, 0.3) is 10.2 Å². The summed E-state index contributed by atoms with van der Waals surface area (Å²) in [5, 5.41) is 2.63. The zero-order chi connectivity index (χ0) is 23.8. The summed E-state index contributed by atoms with van der Waals surface area (Å²) in [4.78, 5) is 24.8. The highest BCUT2D eigenvalue weighted by Crippen LogP contribution is 2.28. The molecule has 3 aromatic rings. The molecule has 0 saturated carbocycles. The molecule has 1 aromatic heterocycles. The number of amides is 1. The van der Waals surface area contributed by atoms with Crippen molar-refractivity contribution in [1.82, 2.24) is 8.87 Å². The van der Waals surface area contributed by atoms with E-state index in [-0.39, 0.29) is 39.7 Å². The molecule has 2 heterocycles. The first-order valence-electron chi connectivity index (χ1n) is 10.6. The summed E-state index contributed by atoms with van der Waals surface area (Å²) in [6.45, 7) is 2.98. The Kier molecular flexibility index (Phi) is 6.90. The summed E-state index contributed by atoms with van der Waals surface area (Å²) in [6, 6.07) is 8.72. The average molecular weight is 512 g/mol. The van der Waals surface area contributed by atoms with Crippen molar-refractivity contribution in [3.63, 3.8) is 0 Å². The number of anilines is 1. The van der Waals surface area contributed by atoms with Crippen LogP contribution in [0.4, 0.5) is 10.1 Å². The predicted molar refractivity (Wildman–Crippen MR) is 128 cm³/mol. The minimum Gasteiger partial charge on any atom is -0.326 e. The van der Waals surface area contributed by atoms with Gasteiger partial charge >= 0.3 is 4.87 Å². The summed E-state index contributed by atoms with van der Waals surface area (Å²) in [5.74, 6) is -1.19. The lowest BCUT2D eigenvalue weighted by molar-refractivity contribution is -0.120. The van der Waals surface area contributed by atoms with E-state index in [2.05, 4.69) is 5.32 Å². The maximum atomic E-state index is 13.3. The molecule has 0 unspecified atom stereocenters. The normalized spacial score (nSPS) is 15.7. The third kappa shape index (κ3) is 4.84. The highest BCUT2D eigenvalue weighted by molar-refractivity contribution is 7.89. The quantitative estimate of drug-likeness (QED) is 0.534. The SMILES string of the molecule is CCCn1c(=O)sc2cc(S(=O)(=O)N3CCC(C(=O)Nc4ccc(F)c(Cl)c4)CC3)ccc21. The van der Waals surface area contributed by atoms with Crippen molar-refractivity contribution in [2.45, 2.75) is 37.6 Å². The number of hydrogen-bond acceptors (Lipinski definition) is 5. The Morgan fingerprint density at radius 1 is 1.21 bits per heavy atom. The van der Waals surface area contributed by atoms with Crippen LogP contribution in [0, 0.1) is 11.7 Å². The molecule has 0 spiro atoms. The molecule has 0 aliphatic carbocycles. The number of rotatable bonds is 6. The lowest BCUT2D eigenvalue weighted by Gasteiger charge is -2.30. The summed E-state index contributed by atoms with van der Waals surface area (Å²) in [5.41, 5.74) is 1.13. The number of aryl methyl sites for hydroxylation is 1. The number of carbonyl (C=O) groups excluding carboxylic acids is 1. The van der Waals surface area contributed by atoms with E-state index in [0.717, 1.165) is 23.3 Å². The number of halogens is 2. The van der Waals surface area contributed by atoms with Crippen molar-refractivity contribution in [1.29, 1.82) is 0 Å². The van der Waals surface area contributed by atoms with Gasteiger partial charge in [-0.05, 0) is 55.7 Å². The third-order valence-corrected chi connectivity index (χ3v) is 8.86. The molecule has 1 N–H and O–H groups in total. The molecule has 2 aromatic carbocycles. The van der Waals surface area contributed by atoms with Crippen molar-refractivity contribution in [2.24, 2.45) is 5.92 Å². The van der Waals surface area contributed by atoms with E-state index in [1.165, 1.54) is 28.6 Å². The van der Waals surface area contributed by atoms with Crippen molar-refractivity contribution < 1.29 is 17.6 Å². The summed E-state index contributed by atoms with van der Waals surface area (Å²) in [7, 11) is -3.75. The fraction of sp³-hybridized carbons (Fsp3) is 0.364. The fourth-order valence-corrected chi connectivity index (χ4v) is 6.68. The van der Waals surface area contributed by atoms with Gasteiger partial charge in [-0.15, -0.1) is 0 Å². The van der Waals surface area contributed by atoms with E-state index in [9.17, 15) is 22.4 Å². The Morgan fingerprint density at radius 3 is 2.61 bits per heavy atom. The Labute approximate surface area is 199 Å². The van der Waals surface area contributed by atoms with Gasteiger partial charge in [-0.2, -0.15) is 4.31 Å². The van der Waals surface area contributed by atoms with E-state index in [1.807, 2.05) is 6.92 Å². The number of piperidine rings is 1. The Balaban J connectivity index is 1.44. The van der Waals surface area contributed by atoms with Crippen LogP contribution in [0.2, 0.25) is 5.02 Å². The van der Waals surface area contributed by atoms with Gasteiger partial charge in [0.25, 0.3) is 0 Å². The number of carbonyl (C=O) groups is 1.